The van der Waals surface area contributed by atoms with Crippen LogP contribution in [0.25, 0.3) is 0 Å². The molecule has 13 heavy (non-hydrogen) atoms. The molecule has 2 unspecified atom stereocenters. The molecule has 0 aliphatic heterocycles. The first kappa shape index (κ1) is 8.48. The van der Waals surface area contributed by atoms with Crippen LogP contribution in [0, 0.1) is 18.8 Å². The molecule has 3 nitrogen and oxygen atoms in total. The third kappa shape index (κ3) is 2.17. The lowest BCUT2D eigenvalue weighted by molar-refractivity contribution is 0.281. The van der Waals surface area contributed by atoms with Crippen molar-refractivity contribution in [2.75, 3.05) is 6.61 Å². The van der Waals surface area contributed by atoms with Crippen LogP contribution in [0.15, 0.2) is 12.3 Å². The van der Waals surface area contributed by atoms with Crippen molar-refractivity contribution in [3.8, 4) is 5.88 Å². The SMILES string of the molecule is Cc1nccc(OCC2CC2C)n1. The van der Waals surface area contributed by atoms with Gasteiger partial charge >= 0.3 is 0 Å². The summed E-state index contributed by atoms with van der Waals surface area (Å²) in [4.78, 5) is 8.17. The van der Waals surface area contributed by atoms with Gasteiger partial charge in [-0.3, -0.25) is 0 Å². The highest BCUT2D eigenvalue weighted by molar-refractivity contribution is 5.08. The van der Waals surface area contributed by atoms with Crippen LogP contribution in [-0.2, 0) is 0 Å². The molecule has 1 aliphatic rings. The van der Waals surface area contributed by atoms with Crippen molar-refractivity contribution in [1.82, 2.24) is 9.97 Å². The van der Waals surface area contributed by atoms with Crippen LogP contribution in [0.4, 0.5) is 0 Å². The molecular formula is C10H14N2O. The van der Waals surface area contributed by atoms with Crippen LogP contribution in [0.2, 0.25) is 0 Å². The first-order chi connectivity index (χ1) is 6.25. The molecule has 0 amide bonds. The third-order valence-electron chi connectivity index (χ3n) is 2.47. The fraction of sp³-hybridized carbons (Fsp3) is 0.600. The maximum absolute atomic E-state index is 5.53. The van der Waals surface area contributed by atoms with Crippen molar-refractivity contribution in [1.29, 1.82) is 0 Å². The molecule has 1 fully saturated rings. The molecule has 1 aliphatic carbocycles. The van der Waals surface area contributed by atoms with Crippen LogP contribution in [-0.4, -0.2) is 16.6 Å². The molecule has 0 N–H and O–H groups in total. The van der Waals surface area contributed by atoms with E-state index in [4.69, 9.17) is 4.74 Å². The quantitative estimate of drug-likeness (QED) is 0.708. The molecule has 1 saturated carbocycles. The van der Waals surface area contributed by atoms with E-state index in [9.17, 15) is 0 Å². The second-order valence-electron chi connectivity index (χ2n) is 3.73. The summed E-state index contributed by atoms with van der Waals surface area (Å²) in [6.45, 7) is 4.92. The van der Waals surface area contributed by atoms with Crippen LogP contribution >= 0.6 is 0 Å². The zero-order valence-corrected chi connectivity index (χ0v) is 8.03. The molecule has 0 bridgehead atoms. The number of aromatic nitrogens is 2. The molecular weight excluding hydrogens is 164 g/mol. The zero-order chi connectivity index (χ0) is 9.26. The predicted molar refractivity (Wildman–Crippen MR) is 49.5 cm³/mol. The van der Waals surface area contributed by atoms with Gasteiger partial charge in [0.15, 0.2) is 0 Å². The van der Waals surface area contributed by atoms with Crippen molar-refractivity contribution in [3.63, 3.8) is 0 Å². The minimum atomic E-state index is 0.701. The van der Waals surface area contributed by atoms with E-state index in [1.165, 1.54) is 6.42 Å². The van der Waals surface area contributed by atoms with E-state index in [-0.39, 0.29) is 0 Å². The first-order valence-corrected chi connectivity index (χ1v) is 4.68. The maximum atomic E-state index is 5.53. The lowest BCUT2D eigenvalue weighted by Crippen LogP contribution is -2.02. The standard InChI is InChI=1S/C10H14N2O/c1-7-5-9(7)6-13-10-3-4-11-8(2)12-10/h3-4,7,9H,5-6H2,1-2H3. The molecule has 70 valence electrons. The van der Waals surface area contributed by atoms with E-state index in [1.54, 1.807) is 12.3 Å². The van der Waals surface area contributed by atoms with Crippen molar-refractivity contribution < 1.29 is 4.74 Å². The van der Waals surface area contributed by atoms with Gasteiger partial charge in [0, 0.05) is 12.3 Å². The average molecular weight is 178 g/mol. The van der Waals surface area contributed by atoms with Crippen LogP contribution < -0.4 is 4.74 Å². The molecule has 2 rings (SSSR count). The predicted octanol–water partition coefficient (Wildman–Crippen LogP) is 1.82. The lowest BCUT2D eigenvalue weighted by atomic mass is 10.4. The average Bonchev–Trinajstić information content (AvgIpc) is 2.79. The van der Waals surface area contributed by atoms with E-state index in [1.807, 2.05) is 6.92 Å². The van der Waals surface area contributed by atoms with Gasteiger partial charge in [-0.25, -0.2) is 4.98 Å². The Morgan fingerprint density at radius 3 is 3.00 bits per heavy atom. The minimum absolute atomic E-state index is 0.701. The lowest BCUT2D eigenvalue weighted by Gasteiger charge is -2.03. The Bertz CT molecular complexity index is 301. The van der Waals surface area contributed by atoms with E-state index in [0.29, 0.717) is 5.88 Å². The number of hydrogen-bond donors (Lipinski definition) is 0. The second kappa shape index (κ2) is 3.32. The first-order valence-electron chi connectivity index (χ1n) is 4.68. The molecule has 1 aromatic rings. The summed E-state index contributed by atoms with van der Waals surface area (Å²) in [5.41, 5.74) is 0. The topological polar surface area (TPSA) is 35.0 Å². The summed E-state index contributed by atoms with van der Waals surface area (Å²) in [5.74, 6) is 3.05. The van der Waals surface area contributed by atoms with Gasteiger partial charge in [0.05, 0.1) is 6.61 Å². The number of ether oxygens (including phenoxy) is 1. The molecule has 1 heterocycles. The summed E-state index contributed by atoms with van der Waals surface area (Å²) in [6, 6.07) is 1.81. The zero-order valence-electron chi connectivity index (χ0n) is 8.03. The smallest absolute Gasteiger partial charge is 0.216 e. The Labute approximate surface area is 78.2 Å². The van der Waals surface area contributed by atoms with E-state index < -0.39 is 0 Å². The molecule has 0 spiro atoms. The van der Waals surface area contributed by atoms with Gasteiger partial charge < -0.3 is 4.74 Å². The summed E-state index contributed by atoms with van der Waals surface area (Å²) in [5, 5.41) is 0. The van der Waals surface area contributed by atoms with Crippen molar-refractivity contribution in [2.45, 2.75) is 20.3 Å². The van der Waals surface area contributed by atoms with Crippen molar-refractivity contribution in [2.24, 2.45) is 11.8 Å². The van der Waals surface area contributed by atoms with E-state index >= 15 is 0 Å². The number of aryl methyl sites for hydroxylation is 1. The molecule has 0 saturated heterocycles. The second-order valence-corrected chi connectivity index (χ2v) is 3.73. The highest BCUT2D eigenvalue weighted by Gasteiger charge is 2.33. The Hall–Kier alpha value is -1.12. The number of rotatable bonds is 3. The van der Waals surface area contributed by atoms with Gasteiger partial charge in [-0.05, 0) is 25.2 Å². The van der Waals surface area contributed by atoms with E-state index in [0.717, 1.165) is 24.3 Å². The van der Waals surface area contributed by atoms with Gasteiger partial charge in [-0.15, -0.1) is 0 Å². The fourth-order valence-electron chi connectivity index (χ4n) is 1.34. The van der Waals surface area contributed by atoms with Crippen molar-refractivity contribution >= 4 is 0 Å². The van der Waals surface area contributed by atoms with Gasteiger partial charge in [-0.2, -0.15) is 4.98 Å². The summed E-state index contributed by atoms with van der Waals surface area (Å²) in [6.07, 6.45) is 3.03. The maximum Gasteiger partial charge on any atom is 0.216 e. The van der Waals surface area contributed by atoms with E-state index in [2.05, 4.69) is 16.9 Å². The largest absolute Gasteiger partial charge is 0.477 e. The Balaban J connectivity index is 1.87. The molecule has 1 aromatic heterocycles. The van der Waals surface area contributed by atoms with Crippen LogP contribution in [0.1, 0.15) is 19.2 Å². The normalized spacial score (nSPS) is 25.7. The summed E-state index contributed by atoms with van der Waals surface area (Å²) < 4.78 is 5.53. The van der Waals surface area contributed by atoms with Gasteiger partial charge in [-0.1, -0.05) is 6.92 Å². The Kier molecular flexibility index (Phi) is 2.17. The Morgan fingerprint density at radius 2 is 2.38 bits per heavy atom. The fourth-order valence-corrected chi connectivity index (χ4v) is 1.34. The van der Waals surface area contributed by atoms with Gasteiger partial charge in [0.2, 0.25) is 5.88 Å². The molecule has 0 radical (unpaired) electrons. The highest BCUT2D eigenvalue weighted by atomic mass is 16.5. The summed E-state index contributed by atoms with van der Waals surface area (Å²) in [7, 11) is 0. The number of nitrogens with zero attached hydrogens (tertiary/aromatic N) is 2. The minimum Gasteiger partial charge on any atom is -0.477 e. The summed E-state index contributed by atoms with van der Waals surface area (Å²) >= 11 is 0. The van der Waals surface area contributed by atoms with Crippen LogP contribution in [0.5, 0.6) is 5.88 Å². The van der Waals surface area contributed by atoms with Crippen molar-refractivity contribution in [3.05, 3.63) is 18.1 Å². The molecule has 2 atom stereocenters. The van der Waals surface area contributed by atoms with Gasteiger partial charge in [0.1, 0.15) is 5.82 Å². The third-order valence-corrected chi connectivity index (χ3v) is 2.47. The monoisotopic (exact) mass is 178 g/mol. The van der Waals surface area contributed by atoms with Gasteiger partial charge in [0.25, 0.3) is 0 Å². The number of hydrogen-bond acceptors (Lipinski definition) is 3. The molecule has 0 aromatic carbocycles. The highest BCUT2D eigenvalue weighted by Crippen LogP contribution is 2.37. The Morgan fingerprint density at radius 1 is 1.62 bits per heavy atom. The van der Waals surface area contributed by atoms with Crippen LogP contribution in [0.3, 0.4) is 0 Å². The molecule has 3 heteroatoms.